The second kappa shape index (κ2) is 9.26. The van der Waals surface area contributed by atoms with Crippen molar-refractivity contribution in [3.05, 3.63) is 59.9 Å². The van der Waals surface area contributed by atoms with Crippen LogP contribution in [0.25, 0.3) is 11.1 Å². The molecule has 1 saturated heterocycles. The van der Waals surface area contributed by atoms with E-state index in [1.165, 1.54) is 30.7 Å². The molecule has 2 aromatic carbocycles. The maximum Gasteiger partial charge on any atom is 0.140 e. The Balaban J connectivity index is 1.42. The Bertz CT molecular complexity index is 1200. The number of anilines is 1. The van der Waals surface area contributed by atoms with Gasteiger partial charge >= 0.3 is 0 Å². The molecule has 7 heteroatoms. The van der Waals surface area contributed by atoms with Gasteiger partial charge in [-0.1, -0.05) is 0 Å². The summed E-state index contributed by atoms with van der Waals surface area (Å²) in [5.41, 5.74) is 4.16. The summed E-state index contributed by atoms with van der Waals surface area (Å²) in [5, 5.41) is 8.08. The molecule has 1 aliphatic carbocycles. The molecule has 1 atom stereocenters. The fourth-order valence-electron chi connectivity index (χ4n) is 5.53. The first-order valence-corrected chi connectivity index (χ1v) is 12.9. The molecule has 2 aliphatic heterocycles. The molecule has 5 nitrogen and oxygen atoms in total. The van der Waals surface area contributed by atoms with E-state index in [0.717, 1.165) is 74.0 Å². The number of halogens is 2. The third-order valence-corrected chi connectivity index (χ3v) is 7.69. The Kier molecular flexibility index (Phi) is 5.96. The molecule has 3 aliphatic rings. The van der Waals surface area contributed by atoms with Gasteiger partial charge in [-0.2, -0.15) is 5.10 Å². The summed E-state index contributed by atoms with van der Waals surface area (Å²) in [7, 11) is 0. The van der Waals surface area contributed by atoms with Crippen LogP contribution in [0.1, 0.15) is 50.6 Å². The number of hydrogen-bond donors (Lipinski definition) is 1. The van der Waals surface area contributed by atoms with Crippen molar-refractivity contribution in [2.24, 2.45) is 5.92 Å². The first-order valence-electron chi connectivity index (χ1n) is 12.9. The summed E-state index contributed by atoms with van der Waals surface area (Å²) >= 11 is 0. The van der Waals surface area contributed by atoms with Crippen LogP contribution in [0, 0.1) is 17.6 Å². The molecule has 35 heavy (non-hydrogen) atoms. The molecule has 6 rings (SSSR count). The zero-order chi connectivity index (χ0) is 23.9. The minimum absolute atomic E-state index is 0.176. The van der Waals surface area contributed by atoms with Crippen molar-refractivity contribution in [3.63, 3.8) is 0 Å². The third kappa shape index (κ3) is 4.66. The van der Waals surface area contributed by atoms with Gasteiger partial charge in [0.25, 0.3) is 0 Å². The number of nitrogens with zero attached hydrogens (tertiary/aromatic N) is 3. The molecule has 3 aromatic rings. The molecule has 1 aromatic heterocycles. The summed E-state index contributed by atoms with van der Waals surface area (Å²) in [6, 6.07) is 8.48. The van der Waals surface area contributed by atoms with Crippen LogP contribution >= 0.6 is 0 Å². The average molecular weight is 479 g/mol. The molecule has 3 heterocycles. The lowest BCUT2D eigenvalue weighted by Crippen LogP contribution is -2.38. The van der Waals surface area contributed by atoms with Crippen molar-refractivity contribution in [3.8, 4) is 22.6 Å². The highest BCUT2D eigenvalue weighted by atomic mass is 19.1. The molecule has 0 unspecified atom stereocenters. The van der Waals surface area contributed by atoms with Gasteiger partial charge in [0.2, 0.25) is 0 Å². The van der Waals surface area contributed by atoms with Crippen molar-refractivity contribution in [2.75, 3.05) is 24.5 Å². The van der Waals surface area contributed by atoms with Gasteiger partial charge in [-0.3, -0.25) is 4.68 Å². The van der Waals surface area contributed by atoms with Crippen LogP contribution in [0.2, 0.25) is 0 Å². The maximum absolute atomic E-state index is 14.0. The number of aromatic nitrogens is 2. The van der Waals surface area contributed by atoms with Gasteiger partial charge in [0.05, 0.1) is 12.2 Å². The lowest BCUT2D eigenvalue weighted by atomic mass is 9.92. The summed E-state index contributed by atoms with van der Waals surface area (Å²) in [4.78, 5) is 2.50. The first kappa shape index (κ1) is 22.5. The molecule has 0 radical (unpaired) electrons. The number of benzene rings is 2. The van der Waals surface area contributed by atoms with E-state index in [0.29, 0.717) is 17.8 Å². The second-order valence-electron chi connectivity index (χ2n) is 10.3. The van der Waals surface area contributed by atoms with Gasteiger partial charge < -0.3 is 15.0 Å². The average Bonchev–Trinajstić information content (AvgIpc) is 3.53. The Hall–Kier alpha value is -2.93. The molecular formula is C28H32F2N4O. The van der Waals surface area contributed by atoms with E-state index in [1.54, 1.807) is 0 Å². The molecule has 1 N–H and O–H groups in total. The molecule has 0 spiro atoms. The standard InChI is InChI=1S/C28H32F2N4O/c1-18-2-5-26-27(33(18)16-19-3-4-19)7-6-25(28(26)35-24-13-21(29)12-22(30)14-24)20-15-32-34(17-20)23-8-10-31-11-9-23/h6-7,12-15,17-19,23,31H,2-5,8-11,16H2,1H3/t18-/m0/s1. The summed E-state index contributed by atoms with van der Waals surface area (Å²) in [6.07, 6.45) is 10.5. The molecular weight excluding hydrogens is 446 g/mol. The van der Waals surface area contributed by atoms with Crippen molar-refractivity contribution >= 4 is 5.69 Å². The summed E-state index contributed by atoms with van der Waals surface area (Å²) in [6.45, 7) is 5.32. The van der Waals surface area contributed by atoms with E-state index in [9.17, 15) is 8.78 Å². The highest BCUT2D eigenvalue weighted by Gasteiger charge is 2.32. The maximum atomic E-state index is 14.0. The lowest BCUT2D eigenvalue weighted by Gasteiger charge is -2.38. The number of piperidine rings is 1. The quantitative estimate of drug-likeness (QED) is 0.465. The van der Waals surface area contributed by atoms with Crippen molar-refractivity contribution < 1.29 is 13.5 Å². The lowest BCUT2D eigenvalue weighted by molar-refractivity contribution is 0.343. The predicted molar refractivity (Wildman–Crippen MR) is 133 cm³/mol. The van der Waals surface area contributed by atoms with Crippen molar-refractivity contribution in [1.29, 1.82) is 0 Å². The van der Waals surface area contributed by atoms with Gasteiger partial charge in [-0.15, -0.1) is 0 Å². The normalized spacial score (nSPS) is 20.7. The van der Waals surface area contributed by atoms with Gasteiger partial charge in [0, 0.05) is 59.4 Å². The number of fused-ring (bicyclic) bond motifs is 1. The van der Waals surface area contributed by atoms with E-state index in [1.807, 2.05) is 6.20 Å². The fourth-order valence-corrected chi connectivity index (χ4v) is 5.53. The molecule has 184 valence electrons. The Morgan fingerprint density at radius 2 is 1.80 bits per heavy atom. The van der Waals surface area contributed by atoms with Crippen molar-refractivity contribution in [1.82, 2.24) is 15.1 Å². The topological polar surface area (TPSA) is 42.3 Å². The molecule has 1 saturated carbocycles. The van der Waals surface area contributed by atoms with Gasteiger partial charge in [0.15, 0.2) is 0 Å². The predicted octanol–water partition coefficient (Wildman–Crippen LogP) is 6.10. The van der Waals surface area contributed by atoms with Gasteiger partial charge in [-0.25, -0.2) is 8.78 Å². The van der Waals surface area contributed by atoms with Crippen LogP contribution in [0.15, 0.2) is 42.7 Å². The number of nitrogens with one attached hydrogen (secondary N) is 1. The Morgan fingerprint density at radius 3 is 2.54 bits per heavy atom. The second-order valence-corrected chi connectivity index (χ2v) is 10.3. The molecule has 0 amide bonds. The van der Waals surface area contributed by atoms with Crippen LogP contribution in [0.4, 0.5) is 14.5 Å². The summed E-state index contributed by atoms with van der Waals surface area (Å²) < 4.78 is 36.4. The zero-order valence-electron chi connectivity index (χ0n) is 20.1. The van der Waals surface area contributed by atoms with Crippen LogP contribution in [-0.2, 0) is 6.42 Å². The smallest absolute Gasteiger partial charge is 0.140 e. The number of hydrogen-bond acceptors (Lipinski definition) is 4. The van der Waals surface area contributed by atoms with Crippen molar-refractivity contribution in [2.45, 2.75) is 57.5 Å². The zero-order valence-corrected chi connectivity index (χ0v) is 20.1. The van der Waals surface area contributed by atoms with Gasteiger partial charge in [-0.05, 0) is 76.6 Å². The largest absolute Gasteiger partial charge is 0.456 e. The van der Waals surface area contributed by atoms with Crippen LogP contribution in [0.5, 0.6) is 11.5 Å². The SMILES string of the molecule is C[C@H]1CCc2c(ccc(-c3cnn(C4CCNCC4)c3)c2Oc2cc(F)cc(F)c2)N1CC1CC1. The van der Waals surface area contributed by atoms with E-state index in [2.05, 4.69) is 45.3 Å². The fraction of sp³-hybridized carbons (Fsp3) is 0.464. The minimum atomic E-state index is -0.644. The van der Waals surface area contributed by atoms with E-state index in [4.69, 9.17) is 4.74 Å². The number of rotatable bonds is 6. The first-order chi connectivity index (χ1) is 17.0. The molecule has 0 bridgehead atoms. The number of ether oxygens (including phenoxy) is 1. The summed E-state index contributed by atoms with van der Waals surface area (Å²) in [5.74, 6) is 0.330. The third-order valence-electron chi connectivity index (χ3n) is 7.69. The minimum Gasteiger partial charge on any atom is -0.456 e. The van der Waals surface area contributed by atoms with E-state index >= 15 is 0 Å². The highest BCUT2D eigenvalue weighted by Crippen LogP contribution is 2.46. The highest BCUT2D eigenvalue weighted by molar-refractivity contribution is 5.78. The Morgan fingerprint density at radius 1 is 1.03 bits per heavy atom. The van der Waals surface area contributed by atoms with Crippen LogP contribution < -0.4 is 15.0 Å². The van der Waals surface area contributed by atoms with E-state index < -0.39 is 11.6 Å². The Labute approximate surface area is 205 Å². The van der Waals surface area contributed by atoms with Crippen LogP contribution in [-0.4, -0.2) is 35.5 Å². The van der Waals surface area contributed by atoms with E-state index in [-0.39, 0.29) is 5.75 Å². The monoisotopic (exact) mass is 478 g/mol. The van der Waals surface area contributed by atoms with Crippen LogP contribution in [0.3, 0.4) is 0 Å². The molecule has 2 fully saturated rings. The van der Waals surface area contributed by atoms with Gasteiger partial charge in [0.1, 0.15) is 23.1 Å².